The molecule has 0 unspecified atom stereocenters. The molecule has 0 saturated carbocycles. The number of aromatic carboxylic acids is 1. The molecule has 0 aliphatic carbocycles. The van der Waals surface area contributed by atoms with Crippen molar-refractivity contribution in [1.29, 1.82) is 0 Å². The predicted octanol–water partition coefficient (Wildman–Crippen LogP) is 2.83. The average molecular weight is 275 g/mol. The molecule has 0 atom stereocenters. The van der Waals surface area contributed by atoms with Gasteiger partial charge in [-0.3, -0.25) is 4.79 Å². The highest BCUT2D eigenvalue weighted by molar-refractivity contribution is 7.16. The Hall–Kier alpha value is -2.14. The summed E-state index contributed by atoms with van der Waals surface area (Å²) in [5, 5.41) is 9.30. The zero-order valence-corrected chi connectivity index (χ0v) is 11.4. The third-order valence-electron chi connectivity index (χ3n) is 3.03. The fourth-order valence-corrected chi connectivity index (χ4v) is 3.03. The van der Waals surface area contributed by atoms with Crippen LogP contribution in [-0.4, -0.2) is 17.0 Å². The largest absolute Gasteiger partial charge is 0.478 e. The zero-order chi connectivity index (χ0) is 14.2. The van der Waals surface area contributed by atoms with Gasteiger partial charge in [0, 0.05) is 15.3 Å². The monoisotopic (exact) mass is 275 g/mol. The van der Waals surface area contributed by atoms with Crippen LogP contribution in [0.5, 0.6) is 0 Å². The molecule has 3 N–H and O–H groups in total. The minimum Gasteiger partial charge on any atom is -0.478 e. The number of carbonyl (C=O) groups is 2. The number of aryl methyl sites for hydroxylation is 1. The Morgan fingerprint density at radius 1 is 1.16 bits per heavy atom. The molecule has 1 heterocycles. The van der Waals surface area contributed by atoms with Gasteiger partial charge in [0.1, 0.15) is 0 Å². The zero-order valence-electron chi connectivity index (χ0n) is 10.6. The molecule has 0 aliphatic rings. The Balaban J connectivity index is 2.56. The fraction of sp³-hybridized carbons (Fsp3) is 0.143. The second-order valence-corrected chi connectivity index (χ2v) is 5.46. The first kappa shape index (κ1) is 13.3. The molecule has 1 aromatic heterocycles. The SMILES string of the molecule is Cc1sc(-c2ccc(C(N)=O)cc2)c(C(=O)O)c1C. The lowest BCUT2D eigenvalue weighted by atomic mass is 10.0. The predicted molar refractivity (Wildman–Crippen MR) is 74.7 cm³/mol. The van der Waals surface area contributed by atoms with Gasteiger partial charge in [-0.1, -0.05) is 12.1 Å². The lowest BCUT2D eigenvalue weighted by Crippen LogP contribution is -2.10. The molecular weight excluding hydrogens is 262 g/mol. The van der Waals surface area contributed by atoms with E-state index in [1.54, 1.807) is 31.2 Å². The minimum absolute atomic E-state index is 0.328. The highest BCUT2D eigenvalue weighted by Crippen LogP contribution is 2.36. The number of rotatable bonds is 3. The van der Waals surface area contributed by atoms with Crippen molar-refractivity contribution in [2.75, 3.05) is 0 Å². The van der Waals surface area contributed by atoms with E-state index in [1.165, 1.54) is 11.3 Å². The van der Waals surface area contributed by atoms with Crippen LogP contribution < -0.4 is 5.73 Å². The summed E-state index contributed by atoms with van der Waals surface area (Å²) in [4.78, 5) is 24.0. The summed E-state index contributed by atoms with van der Waals surface area (Å²) in [6.45, 7) is 3.70. The van der Waals surface area contributed by atoms with Crippen molar-refractivity contribution in [2.24, 2.45) is 5.73 Å². The van der Waals surface area contributed by atoms with Crippen molar-refractivity contribution >= 4 is 23.2 Å². The lowest BCUT2D eigenvalue weighted by molar-refractivity contribution is 0.0697. The number of carboxylic acid groups (broad SMARTS) is 1. The maximum absolute atomic E-state index is 11.3. The Bertz CT molecular complexity index is 656. The van der Waals surface area contributed by atoms with Crippen LogP contribution in [0.25, 0.3) is 10.4 Å². The molecule has 19 heavy (non-hydrogen) atoms. The Labute approximate surface area is 114 Å². The summed E-state index contributed by atoms with van der Waals surface area (Å²) in [5.74, 6) is -1.43. The first-order valence-electron chi connectivity index (χ1n) is 5.65. The van der Waals surface area contributed by atoms with E-state index in [1.807, 2.05) is 6.92 Å². The van der Waals surface area contributed by atoms with Gasteiger partial charge in [0.25, 0.3) is 0 Å². The second kappa shape index (κ2) is 4.85. The van der Waals surface area contributed by atoms with Crippen molar-refractivity contribution in [2.45, 2.75) is 13.8 Å². The number of primary amides is 1. The van der Waals surface area contributed by atoms with Crippen LogP contribution in [-0.2, 0) is 0 Å². The number of nitrogens with two attached hydrogens (primary N) is 1. The van der Waals surface area contributed by atoms with Gasteiger partial charge in [-0.2, -0.15) is 0 Å². The number of carbonyl (C=O) groups excluding carboxylic acids is 1. The highest BCUT2D eigenvalue weighted by Gasteiger charge is 2.19. The van der Waals surface area contributed by atoms with E-state index >= 15 is 0 Å². The van der Waals surface area contributed by atoms with Crippen molar-refractivity contribution in [3.05, 3.63) is 45.8 Å². The molecule has 0 radical (unpaired) electrons. The summed E-state index contributed by atoms with van der Waals surface area (Å²) >= 11 is 1.44. The molecule has 5 heteroatoms. The number of carboxylic acids is 1. The Morgan fingerprint density at radius 2 is 1.74 bits per heavy atom. The van der Waals surface area contributed by atoms with E-state index < -0.39 is 11.9 Å². The molecule has 1 amide bonds. The van der Waals surface area contributed by atoms with E-state index in [2.05, 4.69) is 0 Å². The molecule has 0 fully saturated rings. The van der Waals surface area contributed by atoms with Crippen LogP contribution >= 0.6 is 11.3 Å². The molecule has 1 aromatic carbocycles. The summed E-state index contributed by atoms with van der Waals surface area (Å²) in [5.41, 5.74) is 7.48. The quantitative estimate of drug-likeness (QED) is 0.903. The third kappa shape index (κ3) is 2.37. The number of hydrogen-bond acceptors (Lipinski definition) is 3. The molecule has 4 nitrogen and oxygen atoms in total. The normalized spacial score (nSPS) is 10.4. The van der Waals surface area contributed by atoms with Gasteiger partial charge in [0.05, 0.1) is 5.56 Å². The molecule has 0 saturated heterocycles. The number of benzene rings is 1. The van der Waals surface area contributed by atoms with E-state index in [0.717, 1.165) is 16.0 Å². The Kier molecular flexibility index (Phi) is 3.40. The standard InChI is InChI=1S/C14H13NO3S/c1-7-8(2)19-12(11(7)14(17)18)9-3-5-10(6-4-9)13(15)16/h3-6H,1-2H3,(H2,15,16)(H,17,18). The van der Waals surface area contributed by atoms with Gasteiger partial charge in [-0.05, 0) is 37.1 Å². The maximum Gasteiger partial charge on any atom is 0.337 e. The first-order valence-corrected chi connectivity index (χ1v) is 6.47. The van der Waals surface area contributed by atoms with E-state index in [4.69, 9.17) is 5.73 Å². The van der Waals surface area contributed by atoms with Crippen LogP contribution in [0.2, 0.25) is 0 Å². The first-order chi connectivity index (χ1) is 8.91. The average Bonchev–Trinajstić information content (AvgIpc) is 2.66. The molecule has 98 valence electrons. The molecule has 2 aromatic rings. The van der Waals surface area contributed by atoms with Crippen LogP contribution in [0.4, 0.5) is 0 Å². The fourth-order valence-electron chi connectivity index (χ4n) is 1.87. The van der Waals surface area contributed by atoms with E-state index in [9.17, 15) is 14.7 Å². The molecule has 0 aliphatic heterocycles. The van der Waals surface area contributed by atoms with Crippen LogP contribution in [0.1, 0.15) is 31.2 Å². The molecular formula is C14H13NO3S. The van der Waals surface area contributed by atoms with Gasteiger partial charge >= 0.3 is 5.97 Å². The summed E-state index contributed by atoms with van der Waals surface area (Å²) in [7, 11) is 0. The van der Waals surface area contributed by atoms with Crippen molar-refractivity contribution in [3.8, 4) is 10.4 Å². The van der Waals surface area contributed by atoms with E-state index in [-0.39, 0.29) is 0 Å². The Morgan fingerprint density at radius 3 is 2.21 bits per heavy atom. The summed E-state index contributed by atoms with van der Waals surface area (Å²) in [6.07, 6.45) is 0. The van der Waals surface area contributed by atoms with Crippen molar-refractivity contribution in [1.82, 2.24) is 0 Å². The van der Waals surface area contributed by atoms with Gasteiger partial charge in [0.2, 0.25) is 5.91 Å². The van der Waals surface area contributed by atoms with Gasteiger partial charge < -0.3 is 10.8 Å². The smallest absolute Gasteiger partial charge is 0.337 e. The van der Waals surface area contributed by atoms with Gasteiger partial charge in [-0.15, -0.1) is 11.3 Å². The second-order valence-electron chi connectivity index (χ2n) is 4.23. The van der Waals surface area contributed by atoms with Crippen molar-refractivity contribution < 1.29 is 14.7 Å². The van der Waals surface area contributed by atoms with Gasteiger partial charge in [0.15, 0.2) is 0 Å². The summed E-state index contributed by atoms with van der Waals surface area (Å²) in [6, 6.07) is 6.65. The van der Waals surface area contributed by atoms with E-state index in [0.29, 0.717) is 16.0 Å². The topological polar surface area (TPSA) is 80.4 Å². The van der Waals surface area contributed by atoms with Gasteiger partial charge in [-0.25, -0.2) is 4.79 Å². The molecule has 2 rings (SSSR count). The van der Waals surface area contributed by atoms with Crippen LogP contribution in [0.3, 0.4) is 0 Å². The molecule has 0 spiro atoms. The number of hydrogen-bond donors (Lipinski definition) is 2. The highest BCUT2D eigenvalue weighted by atomic mass is 32.1. The minimum atomic E-state index is -0.934. The van der Waals surface area contributed by atoms with Crippen LogP contribution in [0.15, 0.2) is 24.3 Å². The number of amides is 1. The summed E-state index contributed by atoms with van der Waals surface area (Å²) < 4.78 is 0. The van der Waals surface area contributed by atoms with Crippen LogP contribution in [0, 0.1) is 13.8 Å². The number of thiophene rings is 1. The maximum atomic E-state index is 11.3. The van der Waals surface area contributed by atoms with Crippen molar-refractivity contribution in [3.63, 3.8) is 0 Å². The third-order valence-corrected chi connectivity index (χ3v) is 4.29. The molecule has 0 bridgehead atoms. The lowest BCUT2D eigenvalue weighted by Gasteiger charge is -2.02.